The first-order valence-electron chi connectivity index (χ1n) is 6.45. The Hall–Kier alpha value is -2.44. The number of hydrogen-bond donors (Lipinski definition) is 0. The highest BCUT2D eigenvalue weighted by molar-refractivity contribution is 6.03. The monoisotopic (exact) mass is 292 g/mol. The average Bonchev–Trinajstić information content (AvgIpc) is 2.40. The van der Waals surface area contributed by atoms with Gasteiger partial charge in [-0.1, -0.05) is 20.8 Å². The summed E-state index contributed by atoms with van der Waals surface area (Å²) < 4.78 is 5.24. The maximum absolute atomic E-state index is 12.1. The first-order valence-corrected chi connectivity index (χ1v) is 6.45. The van der Waals surface area contributed by atoms with E-state index in [0.29, 0.717) is 5.75 Å². The standard InChI is InChI=1S/C14H16N2O5/c1-14(2,3)12(17)7-15-10-6-9(16(19)20)4-5-11(10)21-8-13(15)18/h4-6H,7-8H2,1-3H3. The third-order valence-electron chi connectivity index (χ3n) is 3.23. The van der Waals surface area contributed by atoms with Crippen molar-refractivity contribution in [2.24, 2.45) is 5.41 Å². The largest absolute Gasteiger partial charge is 0.482 e. The normalized spacial score (nSPS) is 14.4. The second-order valence-corrected chi connectivity index (χ2v) is 5.85. The highest BCUT2D eigenvalue weighted by Gasteiger charge is 2.32. The second kappa shape index (κ2) is 5.16. The van der Waals surface area contributed by atoms with Crippen LogP contribution >= 0.6 is 0 Å². The molecular weight excluding hydrogens is 276 g/mol. The molecular formula is C14H16N2O5. The number of benzene rings is 1. The van der Waals surface area contributed by atoms with E-state index in [4.69, 9.17) is 4.74 Å². The van der Waals surface area contributed by atoms with Crippen LogP contribution in [0.2, 0.25) is 0 Å². The number of hydrogen-bond acceptors (Lipinski definition) is 5. The molecule has 0 unspecified atom stereocenters. The molecule has 1 aliphatic rings. The van der Waals surface area contributed by atoms with Gasteiger partial charge in [-0.2, -0.15) is 0 Å². The Balaban J connectivity index is 2.39. The molecule has 0 radical (unpaired) electrons. The number of ketones is 1. The molecule has 7 heteroatoms. The van der Waals surface area contributed by atoms with Crippen LogP contribution in [0.1, 0.15) is 20.8 Å². The van der Waals surface area contributed by atoms with E-state index in [1.807, 2.05) is 0 Å². The van der Waals surface area contributed by atoms with Crippen LogP contribution in [0.4, 0.5) is 11.4 Å². The first-order chi connectivity index (χ1) is 9.70. The quantitative estimate of drug-likeness (QED) is 0.627. The minimum absolute atomic E-state index is 0.125. The summed E-state index contributed by atoms with van der Waals surface area (Å²) in [5, 5.41) is 10.9. The van der Waals surface area contributed by atoms with Crippen LogP contribution in [0.5, 0.6) is 5.75 Å². The number of amides is 1. The predicted molar refractivity (Wildman–Crippen MR) is 75.4 cm³/mol. The van der Waals surface area contributed by atoms with Crippen LogP contribution in [0.25, 0.3) is 0 Å². The summed E-state index contributed by atoms with van der Waals surface area (Å²) >= 11 is 0. The molecule has 2 rings (SSSR count). The molecule has 1 aromatic carbocycles. The number of Topliss-reactive ketones (excluding diaryl/α,β-unsaturated/α-hetero) is 1. The Bertz CT molecular complexity index is 618. The molecule has 0 fully saturated rings. The summed E-state index contributed by atoms with van der Waals surface area (Å²) in [5.41, 5.74) is -0.488. The van der Waals surface area contributed by atoms with Crippen LogP contribution < -0.4 is 9.64 Å². The number of fused-ring (bicyclic) bond motifs is 1. The second-order valence-electron chi connectivity index (χ2n) is 5.85. The third-order valence-corrected chi connectivity index (χ3v) is 3.23. The Labute approximate surface area is 121 Å². The van der Waals surface area contributed by atoms with Crippen molar-refractivity contribution < 1.29 is 19.2 Å². The molecule has 1 heterocycles. The van der Waals surface area contributed by atoms with Gasteiger partial charge in [0, 0.05) is 17.5 Å². The lowest BCUT2D eigenvalue weighted by atomic mass is 9.90. The zero-order valence-electron chi connectivity index (χ0n) is 12.1. The summed E-state index contributed by atoms with van der Waals surface area (Å²) in [6.07, 6.45) is 0. The Morgan fingerprint density at radius 1 is 1.43 bits per heavy atom. The van der Waals surface area contributed by atoms with Gasteiger partial charge in [-0.3, -0.25) is 24.6 Å². The molecule has 0 N–H and O–H groups in total. The number of nitrogens with zero attached hydrogens (tertiary/aromatic N) is 2. The van der Waals surface area contributed by atoms with E-state index in [2.05, 4.69) is 0 Å². The molecule has 0 aliphatic carbocycles. The fourth-order valence-corrected chi connectivity index (χ4v) is 1.86. The van der Waals surface area contributed by atoms with E-state index in [9.17, 15) is 19.7 Å². The predicted octanol–water partition coefficient (Wildman–Crippen LogP) is 1.94. The van der Waals surface area contributed by atoms with Gasteiger partial charge in [0.25, 0.3) is 11.6 Å². The van der Waals surface area contributed by atoms with Crippen LogP contribution in [0, 0.1) is 15.5 Å². The molecule has 1 aliphatic heterocycles. The molecule has 1 amide bonds. The van der Waals surface area contributed by atoms with E-state index < -0.39 is 10.3 Å². The summed E-state index contributed by atoms with van der Waals surface area (Å²) in [6, 6.07) is 4.00. The lowest BCUT2D eigenvalue weighted by molar-refractivity contribution is -0.384. The van der Waals surface area contributed by atoms with E-state index in [-0.39, 0.29) is 36.2 Å². The molecule has 0 aromatic heterocycles. The van der Waals surface area contributed by atoms with Crippen LogP contribution in [0.15, 0.2) is 18.2 Å². The van der Waals surface area contributed by atoms with Crippen molar-refractivity contribution >= 4 is 23.1 Å². The van der Waals surface area contributed by atoms with Gasteiger partial charge in [0.05, 0.1) is 17.2 Å². The molecule has 1 aromatic rings. The van der Waals surface area contributed by atoms with E-state index in [0.717, 1.165) is 0 Å². The number of ether oxygens (including phenoxy) is 1. The van der Waals surface area contributed by atoms with Gasteiger partial charge < -0.3 is 4.74 Å². The highest BCUT2D eigenvalue weighted by atomic mass is 16.6. The molecule has 0 bridgehead atoms. The number of carbonyl (C=O) groups is 2. The van der Waals surface area contributed by atoms with Gasteiger partial charge in [-0.05, 0) is 6.07 Å². The SMILES string of the molecule is CC(C)(C)C(=O)CN1C(=O)COc2ccc([N+](=O)[O-])cc21. The summed E-state index contributed by atoms with van der Waals surface area (Å²) in [4.78, 5) is 35.7. The Morgan fingerprint density at radius 2 is 2.10 bits per heavy atom. The molecule has 0 spiro atoms. The molecule has 0 saturated carbocycles. The molecule has 7 nitrogen and oxygen atoms in total. The first kappa shape index (κ1) is 15.0. The van der Waals surface area contributed by atoms with Crippen molar-refractivity contribution in [1.29, 1.82) is 0 Å². The summed E-state index contributed by atoms with van der Waals surface area (Å²) in [6.45, 7) is 4.97. The topological polar surface area (TPSA) is 89.8 Å². The van der Waals surface area contributed by atoms with Gasteiger partial charge in [-0.15, -0.1) is 0 Å². The third kappa shape index (κ3) is 3.01. The maximum atomic E-state index is 12.1. The van der Waals surface area contributed by atoms with Gasteiger partial charge >= 0.3 is 0 Å². The van der Waals surface area contributed by atoms with Gasteiger partial charge in [-0.25, -0.2) is 0 Å². The minimum atomic E-state index is -0.598. The van der Waals surface area contributed by atoms with Crippen molar-refractivity contribution in [3.63, 3.8) is 0 Å². The Kier molecular flexibility index (Phi) is 3.67. The van der Waals surface area contributed by atoms with E-state index in [1.54, 1.807) is 20.8 Å². The number of nitro benzene ring substituents is 1. The lowest BCUT2D eigenvalue weighted by Gasteiger charge is -2.30. The van der Waals surface area contributed by atoms with Crippen molar-refractivity contribution in [1.82, 2.24) is 0 Å². The van der Waals surface area contributed by atoms with Gasteiger partial charge in [0.15, 0.2) is 12.4 Å². The van der Waals surface area contributed by atoms with Gasteiger partial charge in [0.2, 0.25) is 0 Å². The van der Waals surface area contributed by atoms with Crippen molar-refractivity contribution in [3.05, 3.63) is 28.3 Å². The summed E-state index contributed by atoms with van der Waals surface area (Å²) in [7, 11) is 0. The number of nitro groups is 1. The van der Waals surface area contributed by atoms with Gasteiger partial charge in [0.1, 0.15) is 5.75 Å². The zero-order valence-corrected chi connectivity index (χ0v) is 12.1. The fraction of sp³-hybridized carbons (Fsp3) is 0.429. The lowest BCUT2D eigenvalue weighted by Crippen LogP contribution is -2.44. The molecule has 112 valence electrons. The minimum Gasteiger partial charge on any atom is -0.482 e. The maximum Gasteiger partial charge on any atom is 0.271 e. The smallest absolute Gasteiger partial charge is 0.271 e. The highest BCUT2D eigenvalue weighted by Crippen LogP contribution is 2.35. The van der Waals surface area contributed by atoms with Crippen molar-refractivity contribution in [2.45, 2.75) is 20.8 Å². The molecule has 0 atom stereocenters. The molecule has 0 saturated heterocycles. The number of non-ortho nitro benzene ring substituents is 1. The van der Waals surface area contributed by atoms with E-state index >= 15 is 0 Å². The number of anilines is 1. The van der Waals surface area contributed by atoms with Crippen LogP contribution in [-0.2, 0) is 9.59 Å². The summed E-state index contributed by atoms with van der Waals surface area (Å²) in [5.74, 6) is -0.155. The van der Waals surface area contributed by atoms with Crippen LogP contribution in [0.3, 0.4) is 0 Å². The van der Waals surface area contributed by atoms with E-state index in [1.165, 1.54) is 23.1 Å². The zero-order chi connectivity index (χ0) is 15.8. The average molecular weight is 292 g/mol. The number of rotatable bonds is 3. The Morgan fingerprint density at radius 3 is 2.67 bits per heavy atom. The van der Waals surface area contributed by atoms with Crippen molar-refractivity contribution in [2.75, 3.05) is 18.1 Å². The molecule has 21 heavy (non-hydrogen) atoms. The number of carbonyl (C=O) groups excluding carboxylic acids is 2. The van der Waals surface area contributed by atoms with Crippen molar-refractivity contribution in [3.8, 4) is 5.75 Å². The fourth-order valence-electron chi connectivity index (χ4n) is 1.86. The van der Waals surface area contributed by atoms with Crippen LogP contribution in [-0.4, -0.2) is 29.8 Å².